The van der Waals surface area contributed by atoms with Crippen LogP contribution in [0.1, 0.15) is 80.4 Å². The molecule has 33 heavy (non-hydrogen) atoms. The van der Waals surface area contributed by atoms with Gasteiger partial charge in [0.15, 0.2) is 0 Å². The second-order valence-corrected chi connectivity index (χ2v) is 8.66. The van der Waals surface area contributed by atoms with E-state index in [0.29, 0.717) is 30.9 Å². The number of fused-ring (bicyclic) bond motifs is 1. The van der Waals surface area contributed by atoms with Gasteiger partial charge in [-0.1, -0.05) is 6.07 Å². The van der Waals surface area contributed by atoms with Crippen molar-refractivity contribution in [3.05, 3.63) is 52.3 Å². The Morgan fingerprint density at radius 1 is 1.09 bits per heavy atom. The minimum atomic E-state index is -0.975. The Bertz CT molecular complexity index is 1180. The van der Waals surface area contributed by atoms with Crippen LogP contribution in [0.5, 0.6) is 0 Å². The molecule has 1 aliphatic carbocycles. The Labute approximate surface area is 189 Å². The molecule has 0 spiro atoms. The lowest BCUT2D eigenvalue weighted by Gasteiger charge is -2.27. The largest absolute Gasteiger partial charge is 0.352 e. The fourth-order valence-electron chi connectivity index (χ4n) is 4.42. The second kappa shape index (κ2) is 8.27. The molecule has 2 fully saturated rings. The maximum absolute atomic E-state index is 12.9. The molecule has 10 nitrogen and oxygen atoms in total. The van der Waals surface area contributed by atoms with Crippen molar-refractivity contribution in [2.45, 2.75) is 50.5 Å². The fourth-order valence-corrected chi connectivity index (χ4v) is 4.42. The predicted octanol–water partition coefficient (Wildman–Crippen LogP) is 1.05. The van der Waals surface area contributed by atoms with Crippen LogP contribution < -0.4 is 10.6 Å². The van der Waals surface area contributed by atoms with Crippen LogP contribution in [0.4, 0.5) is 0 Å². The summed E-state index contributed by atoms with van der Waals surface area (Å²) in [5, 5.41) is 12.0. The molecule has 0 radical (unpaired) electrons. The van der Waals surface area contributed by atoms with Gasteiger partial charge < -0.3 is 5.32 Å². The Morgan fingerprint density at radius 3 is 2.64 bits per heavy atom. The molecule has 1 saturated carbocycles. The zero-order valence-electron chi connectivity index (χ0n) is 17.8. The Morgan fingerprint density at radius 2 is 1.88 bits per heavy atom. The molecule has 5 amide bonds. The number of piperidine rings is 1. The minimum absolute atomic E-state index is 0.0851. The van der Waals surface area contributed by atoms with Crippen LogP contribution in [0.25, 0.3) is 0 Å². The fraction of sp³-hybridized carbons (Fsp3) is 0.391. The van der Waals surface area contributed by atoms with Crippen LogP contribution >= 0.6 is 0 Å². The lowest BCUT2D eigenvalue weighted by Crippen LogP contribution is -2.54. The van der Waals surface area contributed by atoms with E-state index in [4.69, 9.17) is 0 Å². The number of nitrogens with zero attached hydrogens (tertiary/aromatic N) is 2. The summed E-state index contributed by atoms with van der Waals surface area (Å²) < 4.78 is 0. The van der Waals surface area contributed by atoms with Crippen molar-refractivity contribution >= 4 is 29.5 Å². The zero-order chi connectivity index (χ0) is 23.1. The molecule has 5 rings (SSSR count). The highest BCUT2D eigenvalue weighted by atomic mass is 16.2. The van der Waals surface area contributed by atoms with Crippen LogP contribution in [0.2, 0.25) is 0 Å². The number of aromatic nitrogens is 2. The van der Waals surface area contributed by atoms with Gasteiger partial charge in [-0.05, 0) is 49.8 Å². The summed E-state index contributed by atoms with van der Waals surface area (Å²) in [4.78, 5) is 62.6. The van der Waals surface area contributed by atoms with Gasteiger partial charge in [0.2, 0.25) is 11.8 Å². The second-order valence-electron chi connectivity index (χ2n) is 8.66. The number of hydrogen-bond acceptors (Lipinski definition) is 6. The Kier molecular flexibility index (Phi) is 5.27. The SMILES string of the molecule is O=C1CCC(N2C(=O)c3ccc(CCCNC(=O)c4cn[nH]c4C4CC4)cc3C2=O)C(=O)N1. The highest BCUT2D eigenvalue weighted by Crippen LogP contribution is 2.40. The highest BCUT2D eigenvalue weighted by Gasteiger charge is 2.44. The summed E-state index contributed by atoms with van der Waals surface area (Å²) in [6.45, 7) is 0.459. The first-order chi connectivity index (χ1) is 15.9. The molecule has 1 unspecified atom stereocenters. The van der Waals surface area contributed by atoms with E-state index >= 15 is 0 Å². The van der Waals surface area contributed by atoms with Crippen LogP contribution in [0, 0.1) is 0 Å². The van der Waals surface area contributed by atoms with Crippen LogP contribution in [0.3, 0.4) is 0 Å². The maximum Gasteiger partial charge on any atom is 0.262 e. The number of nitrogens with one attached hydrogen (secondary N) is 3. The van der Waals surface area contributed by atoms with Crippen LogP contribution in [0.15, 0.2) is 24.4 Å². The number of benzene rings is 1. The molecule has 3 N–H and O–H groups in total. The average Bonchev–Trinajstić information content (AvgIpc) is 3.47. The molecule has 1 aromatic heterocycles. The van der Waals surface area contributed by atoms with Gasteiger partial charge >= 0.3 is 0 Å². The number of aromatic amines is 1. The minimum Gasteiger partial charge on any atom is -0.352 e. The first-order valence-corrected chi connectivity index (χ1v) is 11.1. The van der Waals surface area contributed by atoms with Gasteiger partial charge in [0.25, 0.3) is 17.7 Å². The molecule has 1 atom stereocenters. The molecule has 1 aromatic carbocycles. The average molecular weight is 449 g/mol. The first kappa shape index (κ1) is 21.0. The van der Waals surface area contributed by atoms with E-state index in [1.54, 1.807) is 24.4 Å². The number of imide groups is 2. The highest BCUT2D eigenvalue weighted by molar-refractivity contribution is 6.23. The van der Waals surface area contributed by atoms with E-state index in [0.717, 1.165) is 29.0 Å². The number of amides is 5. The van der Waals surface area contributed by atoms with Crippen LogP contribution in [-0.4, -0.2) is 57.2 Å². The molecule has 3 heterocycles. The standard InChI is InChI=1S/C23H23N5O5/c29-18-8-7-17(21(31)26-18)28-22(32)14-6-3-12(10-15(14)23(28)33)2-1-9-24-20(30)16-11-25-27-19(16)13-4-5-13/h3,6,10-11,13,17H,1-2,4-5,7-9H2,(H,24,30)(H,25,27)(H,26,29,31). The van der Waals surface area contributed by atoms with E-state index in [-0.39, 0.29) is 29.9 Å². The van der Waals surface area contributed by atoms with Gasteiger partial charge in [-0.3, -0.25) is 39.3 Å². The molecule has 10 heteroatoms. The quantitative estimate of drug-likeness (QED) is 0.426. The third-order valence-corrected chi connectivity index (χ3v) is 6.33. The lowest BCUT2D eigenvalue weighted by molar-refractivity contribution is -0.136. The summed E-state index contributed by atoms with van der Waals surface area (Å²) in [5.74, 6) is -1.82. The van der Waals surface area contributed by atoms with E-state index in [9.17, 15) is 24.0 Å². The van der Waals surface area contributed by atoms with Gasteiger partial charge in [0.1, 0.15) is 6.04 Å². The van der Waals surface area contributed by atoms with Gasteiger partial charge in [0.05, 0.1) is 28.6 Å². The van der Waals surface area contributed by atoms with Crippen molar-refractivity contribution in [1.82, 2.24) is 25.7 Å². The number of H-pyrrole nitrogens is 1. The van der Waals surface area contributed by atoms with Crippen molar-refractivity contribution in [1.29, 1.82) is 0 Å². The molecule has 2 aromatic rings. The monoisotopic (exact) mass is 449 g/mol. The topological polar surface area (TPSA) is 141 Å². The van der Waals surface area contributed by atoms with Gasteiger partial charge in [-0.15, -0.1) is 0 Å². The third kappa shape index (κ3) is 3.92. The summed E-state index contributed by atoms with van der Waals surface area (Å²) in [6.07, 6.45) is 5.17. The van der Waals surface area contributed by atoms with Crippen molar-refractivity contribution in [3.8, 4) is 0 Å². The van der Waals surface area contributed by atoms with Gasteiger partial charge in [-0.2, -0.15) is 5.10 Å². The first-order valence-electron chi connectivity index (χ1n) is 11.1. The third-order valence-electron chi connectivity index (χ3n) is 6.33. The number of carbonyl (C=O) groups excluding carboxylic acids is 5. The van der Waals surface area contributed by atoms with Gasteiger partial charge in [0, 0.05) is 18.9 Å². The smallest absolute Gasteiger partial charge is 0.262 e. The van der Waals surface area contributed by atoms with E-state index < -0.39 is 29.7 Å². The summed E-state index contributed by atoms with van der Waals surface area (Å²) in [6, 6.07) is 4.08. The van der Waals surface area contributed by atoms with Crippen molar-refractivity contribution < 1.29 is 24.0 Å². The van der Waals surface area contributed by atoms with E-state index in [1.807, 2.05) is 0 Å². The summed E-state index contributed by atoms with van der Waals surface area (Å²) in [7, 11) is 0. The number of aryl methyl sites for hydroxylation is 1. The molecular weight excluding hydrogens is 426 g/mol. The number of carbonyl (C=O) groups is 5. The van der Waals surface area contributed by atoms with Crippen molar-refractivity contribution in [2.24, 2.45) is 0 Å². The molecule has 3 aliphatic rings. The van der Waals surface area contributed by atoms with E-state index in [1.165, 1.54) is 0 Å². The lowest BCUT2D eigenvalue weighted by atomic mass is 10.0. The number of hydrogen-bond donors (Lipinski definition) is 3. The van der Waals surface area contributed by atoms with Crippen LogP contribution in [-0.2, 0) is 16.0 Å². The molecule has 0 bridgehead atoms. The molecule has 170 valence electrons. The Hall–Kier alpha value is -3.82. The number of rotatable bonds is 7. The Balaban J connectivity index is 1.19. The summed E-state index contributed by atoms with van der Waals surface area (Å²) in [5.41, 5.74) is 2.87. The van der Waals surface area contributed by atoms with Crippen molar-refractivity contribution in [3.63, 3.8) is 0 Å². The normalized spacial score (nSPS) is 20.1. The molecule has 1 saturated heterocycles. The van der Waals surface area contributed by atoms with E-state index in [2.05, 4.69) is 20.8 Å². The maximum atomic E-state index is 12.9. The molecular formula is C23H23N5O5. The molecule has 2 aliphatic heterocycles. The zero-order valence-corrected chi connectivity index (χ0v) is 17.8. The predicted molar refractivity (Wildman–Crippen MR) is 114 cm³/mol. The van der Waals surface area contributed by atoms with Crippen molar-refractivity contribution in [2.75, 3.05) is 6.54 Å². The summed E-state index contributed by atoms with van der Waals surface area (Å²) >= 11 is 0. The van der Waals surface area contributed by atoms with Gasteiger partial charge in [-0.25, -0.2) is 0 Å².